The van der Waals surface area contributed by atoms with Gasteiger partial charge < -0.3 is 4.74 Å². The number of ether oxygens (including phenoxy) is 1. The van der Waals surface area contributed by atoms with Gasteiger partial charge in [-0.15, -0.1) is 0 Å². The van der Waals surface area contributed by atoms with Crippen molar-refractivity contribution in [3.63, 3.8) is 0 Å². The van der Waals surface area contributed by atoms with Gasteiger partial charge in [0, 0.05) is 38.0 Å². The molecular formula is C18H28N2O3S2. The van der Waals surface area contributed by atoms with Gasteiger partial charge in [0.05, 0.1) is 18.1 Å². The van der Waals surface area contributed by atoms with E-state index in [0.717, 1.165) is 61.9 Å². The number of rotatable bonds is 4. The molecule has 0 aliphatic carbocycles. The third kappa shape index (κ3) is 4.57. The molecule has 1 unspecified atom stereocenters. The molecule has 2 aliphatic heterocycles. The summed E-state index contributed by atoms with van der Waals surface area (Å²) < 4.78 is 34.1. The first kappa shape index (κ1) is 19.2. The van der Waals surface area contributed by atoms with Crippen LogP contribution in [0.25, 0.3) is 0 Å². The molecule has 0 N–H and O–H groups in total. The summed E-state index contributed by atoms with van der Waals surface area (Å²) in [5.41, 5.74) is 1.81. The standard InChI is InChI=1S/C18H28N2O3S2/c1-15-4-5-16(2)18(12-15)25(21,22)20-6-3-11-24-14-17(20)13-19-7-9-23-10-8-19/h4-5,12,17H,3,6-11,13-14H2,1-2H3. The zero-order valence-electron chi connectivity index (χ0n) is 15.1. The number of morpholine rings is 1. The van der Waals surface area contributed by atoms with Crippen molar-refractivity contribution >= 4 is 21.8 Å². The van der Waals surface area contributed by atoms with E-state index in [-0.39, 0.29) is 6.04 Å². The number of hydrogen-bond acceptors (Lipinski definition) is 5. The molecular weight excluding hydrogens is 356 g/mol. The molecule has 0 bridgehead atoms. The molecule has 140 valence electrons. The Balaban J connectivity index is 1.87. The molecule has 1 atom stereocenters. The average molecular weight is 385 g/mol. The fourth-order valence-corrected chi connectivity index (χ4v) is 6.58. The number of nitrogens with zero attached hydrogens (tertiary/aromatic N) is 2. The van der Waals surface area contributed by atoms with E-state index < -0.39 is 10.0 Å². The maximum absolute atomic E-state index is 13.4. The van der Waals surface area contributed by atoms with Crippen LogP contribution in [0.5, 0.6) is 0 Å². The van der Waals surface area contributed by atoms with Crippen molar-refractivity contribution < 1.29 is 13.2 Å². The highest BCUT2D eigenvalue weighted by atomic mass is 32.2. The highest BCUT2D eigenvalue weighted by Gasteiger charge is 2.34. The van der Waals surface area contributed by atoms with Gasteiger partial charge in [-0.2, -0.15) is 16.1 Å². The summed E-state index contributed by atoms with van der Waals surface area (Å²) in [7, 11) is -3.48. The Kier molecular flexibility index (Phi) is 6.44. The Morgan fingerprint density at radius 3 is 2.72 bits per heavy atom. The number of hydrogen-bond donors (Lipinski definition) is 0. The first-order chi connectivity index (χ1) is 12.0. The van der Waals surface area contributed by atoms with Gasteiger partial charge in [0.2, 0.25) is 10.0 Å². The fourth-order valence-electron chi connectivity index (χ4n) is 3.46. The molecule has 0 saturated carbocycles. The second-order valence-electron chi connectivity index (χ2n) is 6.88. The van der Waals surface area contributed by atoms with Crippen LogP contribution in [0.2, 0.25) is 0 Å². The average Bonchev–Trinajstić information content (AvgIpc) is 2.84. The first-order valence-electron chi connectivity index (χ1n) is 8.95. The van der Waals surface area contributed by atoms with E-state index in [9.17, 15) is 8.42 Å². The van der Waals surface area contributed by atoms with Gasteiger partial charge in [0.15, 0.2) is 0 Å². The van der Waals surface area contributed by atoms with Crippen molar-refractivity contribution in [3.05, 3.63) is 29.3 Å². The van der Waals surface area contributed by atoms with Crippen LogP contribution in [0.15, 0.2) is 23.1 Å². The highest BCUT2D eigenvalue weighted by molar-refractivity contribution is 7.99. The zero-order valence-corrected chi connectivity index (χ0v) is 16.7. The molecule has 5 nitrogen and oxygen atoms in total. The van der Waals surface area contributed by atoms with E-state index in [1.54, 1.807) is 4.31 Å². The second kappa shape index (κ2) is 8.39. The number of aryl methyl sites for hydroxylation is 2. The zero-order chi connectivity index (χ0) is 17.9. The topological polar surface area (TPSA) is 49.9 Å². The molecule has 2 saturated heterocycles. The summed E-state index contributed by atoms with van der Waals surface area (Å²) in [6.45, 7) is 8.49. The van der Waals surface area contributed by atoms with Crippen molar-refractivity contribution in [3.8, 4) is 0 Å². The van der Waals surface area contributed by atoms with Crippen molar-refractivity contribution in [2.45, 2.75) is 31.2 Å². The van der Waals surface area contributed by atoms with Gasteiger partial charge in [0.1, 0.15) is 0 Å². The molecule has 1 aromatic rings. The highest BCUT2D eigenvalue weighted by Crippen LogP contribution is 2.27. The van der Waals surface area contributed by atoms with Gasteiger partial charge in [-0.1, -0.05) is 12.1 Å². The van der Waals surface area contributed by atoms with E-state index in [0.29, 0.717) is 11.4 Å². The largest absolute Gasteiger partial charge is 0.379 e. The Morgan fingerprint density at radius 1 is 1.20 bits per heavy atom. The SMILES string of the molecule is Cc1ccc(C)c(S(=O)(=O)N2CCCSCC2CN2CCOCC2)c1. The lowest BCUT2D eigenvalue weighted by Gasteiger charge is -2.35. The van der Waals surface area contributed by atoms with E-state index in [4.69, 9.17) is 4.74 Å². The summed E-state index contributed by atoms with van der Waals surface area (Å²) in [5.74, 6) is 1.89. The summed E-state index contributed by atoms with van der Waals surface area (Å²) in [5, 5.41) is 0. The lowest BCUT2D eigenvalue weighted by molar-refractivity contribution is 0.0309. The fraction of sp³-hybridized carbons (Fsp3) is 0.667. The van der Waals surface area contributed by atoms with E-state index in [1.807, 2.05) is 43.8 Å². The van der Waals surface area contributed by atoms with Crippen molar-refractivity contribution in [1.29, 1.82) is 0 Å². The smallest absolute Gasteiger partial charge is 0.243 e. The van der Waals surface area contributed by atoms with Crippen LogP contribution in [0.4, 0.5) is 0 Å². The van der Waals surface area contributed by atoms with Gasteiger partial charge in [-0.05, 0) is 43.2 Å². The molecule has 2 aliphatic rings. The maximum atomic E-state index is 13.4. The third-order valence-electron chi connectivity index (χ3n) is 4.89. The number of benzene rings is 1. The lowest BCUT2D eigenvalue weighted by Crippen LogP contribution is -2.50. The van der Waals surface area contributed by atoms with Gasteiger partial charge in [0.25, 0.3) is 0 Å². The molecule has 25 heavy (non-hydrogen) atoms. The van der Waals surface area contributed by atoms with Gasteiger partial charge in [-0.25, -0.2) is 8.42 Å². The lowest BCUT2D eigenvalue weighted by atomic mass is 10.2. The van der Waals surface area contributed by atoms with Crippen molar-refractivity contribution in [2.24, 2.45) is 0 Å². The van der Waals surface area contributed by atoms with Crippen LogP contribution in [0.1, 0.15) is 17.5 Å². The second-order valence-corrected chi connectivity index (χ2v) is 9.89. The molecule has 0 amide bonds. The molecule has 3 rings (SSSR count). The van der Waals surface area contributed by atoms with Crippen LogP contribution in [-0.4, -0.2) is 74.6 Å². The Hall–Kier alpha value is -0.600. The van der Waals surface area contributed by atoms with Crippen molar-refractivity contribution in [1.82, 2.24) is 9.21 Å². The normalized spacial score (nSPS) is 24.2. The van der Waals surface area contributed by atoms with Crippen LogP contribution >= 0.6 is 11.8 Å². The third-order valence-corrected chi connectivity index (χ3v) is 8.18. The van der Waals surface area contributed by atoms with Crippen LogP contribution in [0, 0.1) is 13.8 Å². The van der Waals surface area contributed by atoms with Crippen LogP contribution in [0.3, 0.4) is 0 Å². The minimum absolute atomic E-state index is 0.0236. The summed E-state index contributed by atoms with van der Waals surface area (Å²) in [6, 6.07) is 5.72. The van der Waals surface area contributed by atoms with Crippen LogP contribution in [-0.2, 0) is 14.8 Å². The summed E-state index contributed by atoms with van der Waals surface area (Å²) in [6.07, 6.45) is 0.911. The predicted octanol–water partition coefficient (Wildman–Crippen LogP) is 2.13. The molecule has 7 heteroatoms. The van der Waals surface area contributed by atoms with Crippen LogP contribution < -0.4 is 0 Å². The van der Waals surface area contributed by atoms with E-state index in [2.05, 4.69) is 4.90 Å². The van der Waals surface area contributed by atoms with Gasteiger partial charge in [-0.3, -0.25) is 4.90 Å². The number of thioether (sulfide) groups is 1. The van der Waals surface area contributed by atoms with E-state index in [1.165, 1.54) is 0 Å². The Bertz CT molecular complexity index is 688. The minimum Gasteiger partial charge on any atom is -0.379 e. The molecule has 1 aromatic carbocycles. The first-order valence-corrected chi connectivity index (χ1v) is 11.5. The van der Waals surface area contributed by atoms with Crippen molar-refractivity contribution in [2.75, 3.05) is 50.9 Å². The van der Waals surface area contributed by atoms with Gasteiger partial charge >= 0.3 is 0 Å². The predicted molar refractivity (Wildman–Crippen MR) is 103 cm³/mol. The molecule has 0 aromatic heterocycles. The maximum Gasteiger partial charge on any atom is 0.243 e. The summed E-state index contributed by atoms with van der Waals surface area (Å²) >= 11 is 1.87. The Labute approximate surface area is 155 Å². The van der Waals surface area contributed by atoms with E-state index >= 15 is 0 Å². The Morgan fingerprint density at radius 2 is 1.96 bits per heavy atom. The summed E-state index contributed by atoms with van der Waals surface area (Å²) in [4.78, 5) is 2.80. The minimum atomic E-state index is -3.48. The molecule has 2 fully saturated rings. The molecule has 0 spiro atoms. The molecule has 2 heterocycles. The number of sulfonamides is 1. The quantitative estimate of drug-likeness (QED) is 0.796. The monoisotopic (exact) mass is 384 g/mol. The molecule has 0 radical (unpaired) electrons.